The molecule has 1 aliphatic rings. The minimum Gasteiger partial charge on any atom is -0.352 e. The zero-order valence-corrected chi connectivity index (χ0v) is 20.4. The number of nitrogens with zero attached hydrogens (tertiary/aromatic N) is 3. The number of nitrogens with one attached hydrogen (secondary N) is 1. The van der Waals surface area contributed by atoms with Crippen LogP contribution in [0.1, 0.15) is 59.8 Å². The SMILES string of the molecule is [C-]#[N+]CCOP(OC1C[C@H](n2cc(C)c(=O)[nH]c2=O)O[C@@H]1C(C)C)N(C(C)C)C(C)C. The van der Waals surface area contributed by atoms with Crippen LogP contribution in [0.25, 0.3) is 4.85 Å². The lowest BCUT2D eigenvalue weighted by molar-refractivity contribution is -0.0410. The van der Waals surface area contributed by atoms with Gasteiger partial charge in [-0.2, -0.15) is 0 Å². The molecule has 2 heterocycles. The van der Waals surface area contributed by atoms with Crippen LogP contribution in [0.2, 0.25) is 0 Å². The zero-order valence-electron chi connectivity index (χ0n) is 19.5. The first-order valence-electron chi connectivity index (χ1n) is 10.8. The van der Waals surface area contributed by atoms with E-state index in [9.17, 15) is 9.59 Å². The first-order valence-corrected chi connectivity index (χ1v) is 11.9. The summed E-state index contributed by atoms with van der Waals surface area (Å²) >= 11 is 0. The molecule has 10 heteroatoms. The molecule has 0 spiro atoms. The fourth-order valence-corrected chi connectivity index (χ4v) is 5.46. The van der Waals surface area contributed by atoms with Crippen molar-refractivity contribution in [1.29, 1.82) is 0 Å². The van der Waals surface area contributed by atoms with Gasteiger partial charge >= 0.3 is 5.69 Å². The molecule has 1 N–H and O–H groups in total. The Bertz CT molecular complexity index is 868. The van der Waals surface area contributed by atoms with E-state index in [2.05, 4.69) is 56.0 Å². The lowest BCUT2D eigenvalue weighted by Crippen LogP contribution is -2.36. The number of ether oxygens (including phenoxy) is 1. The van der Waals surface area contributed by atoms with Crippen LogP contribution in [0.15, 0.2) is 15.8 Å². The van der Waals surface area contributed by atoms with E-state index >= 15 is 0 Å². The summed E-state index contributed by atoms with van der Waals surface area (Å²) in [7, 11) is -1.42. The molecule has 174 valence electrons. The second kappa shape index (κ2) is 11.3. The van der Waals surface area contributed by atoms with Crippen LogP contribution in [-0.2, 0) is 13.8 Å². The molecule has 0 radical (unpaired) electrons. The van der Waals surface area contributed by atoms with Crippen molar-refractivity contribution in [2.45, 2.75) is 85.4 Å². The summed E-state index contributed by atoms with van der Waals surface area (Å²) in [5.41, 5.74) is -0.441. The van der Waals surface area contributed by atoms with Gasteiger partial charge in [0.25, 0.3) is 14.1 Å². The fourth-order valence-electron chi connectivity index (χ4n) is 3.73. The van der Waals surface area contributed by atoms with E-state index in [-0.39, 0.29) is 36.8 Å². The van der Waals surface area contributed by atoms with Crippen LogP contribution in [-0.4, -0.2) is 51.7 Å². The smallest absolute Gasteiger partial charge is 0.330 e. The largest absolute Gasteiger partial charge is 0.352 e. The molecule has 2 rings (SSSR count). The van der Waals surface area contributed by atoms with Crippen LogP contribution >= 0.6 is 8.53 Å². The molecule has 0 bridgehead atoms. The molecule has 0 aromatic carbocycles. The lowest BCUT2D eigenvalue weighted by atomic mass is 10.0. The third-order valence-corrected chi connectivity index (χ3v) is 7.26. The summed E-state index contributed by atoms with van der Waals surface area (Å²) in [5, 5.41) is 0. The molecular weight excluding hydrogens is 419 g/mol. The van der Waals surface area contributed by atoms with Crippen LogP contribution in [0.4, 0.5) is 0 Å². The highest BCUT2D eigenvalue weighted by Gasteiger charge is 2.42. The minimum absolute atomic E-state index is 0.154. The van der Waals surface area contributed by atoms with Crippen molar-refractivity contribution in [3.63, 3.8) is 0 Å². The first-order chi connectivity index (χ1) is 14.6. The van der Waals surface area contributed by atoms with E-state index in [1.54, 1.807) is 6.92 Å². The second-order valence-corrected chi connectivity index (χ2v) is 10.1. The van der Waals surface area contributed by atoms with E-state index < -0.39 is 26.0 Å². The molecule has 1 aliphatic heterocycles. The Labute approximate surface area is 185 Å². The lowest BCUT2D eigenvalue weighted by Gasteiger charge is -2.37. The van der Waals surface area contributed by atoms with E-state index in [0.29, 0.717) is 18.6 Å². The van der Waals surface area contributed by atoms with Crippen molar-refractivity contribution in [2.75, 3.05) is 13.2 Å². The van der Waals surface area contributed by atoms with E-state index in [0.717, 1.165) is 0 Å². The fraction of sp³-hybridized carbons (Fsp3) is 0.762. The molecule has 2 unspecified atom stereocenters. The highest BCUT2D eigenvalue weighted by molar-refractivity contribution is 7.44. The summed E-state index contributed by atoms with van der Waals surface area (Å²) in [6.45, 7) is 21.7. The van der Waals surface area contributed by atoms with Gasteiger partial charge in [0.15, 0.2) is 0 Å². The Morgan fingerprint density at radius 3 is 2.48 bits per heavy atom. The van der Waals surface area contributed by atoms with Crippen LogP contribution in [0, 0.1) is 19.4 Å². The highest BCUT2D eigenvalue weighted by Crippen LogP contribution is 2.50. The van der Waals surface area contributed by atoms with Gasteiger partial charge in [-0.3, -0.25) is 14.3 Å². The molecule has 1 fully saturated rings. The second-order valence-electron chi connectivity index (χ2n) is 8.68. The predicted molar refractivity (Wildman–Crippen MR) is 121 cm³/mol. The van der Waals surface area contributed by atoms with Crippen LogP contribution in [0.5, 0.6) is 0 Å². The van der Waals surface area contributed by atoms with E-state index in [1.807, 2.05) is 0 Å². The molecule has 1 aromatic heterocycles. The summed E-state index contributed by atoms with van der Waals surface area (Å²) in [4.78, 5) is 29.8. The van der Waals surface area contributed by atoms with Crippen molar-refractivity contribution >= 4 is 8.53 Å². The van der Waals surface area contributed by atoms with Gasteiger partial charge in [0.05, 0.1) is 12.2 Å². The molecule has 9 nitrogen and oxygen atoms in total. The topological polar surface area (TPSA) is 90.2 Å². The van der Waals surface area contributed by atoms with Gasteiger partial charge < -0.3 is 18.6 Å². The molecule has 4 atom stereocenters. The Balaban J connectivity index is 2.30. The predicted octanol–water partition coefficient (Wildman–Crippen LogP) is 3.46. The number of aryl methyl sites for hydroxylation is 1. The monoisotopic (exact) mass is 454 g/mol. The maximum atomic E-state index is 12.4. The van der Waals surface area contributed by atoms with Crippen molar-refractivity contribution in [3.05, 3.63) is 44.0 Å². The van der Waals surface area contributed by atoms with Crippen molar-refractivity contribution in [3.8, 4) is 0 Å². The number of aromatic nitrogens is 2. The average molecular weight is 455 g/mol. The zero-order chi connectivity index (χ0) is 23.3. The Morgan fingerprint density at radius 1 is 1.29 bits per heavy atom. The maximum Gasteiger partial charge on any atom is 0.330 e. The van der Waals surface area contributed by atoms with Gasteiger partial charge in [-0.05, 0) is 40.5 Å². The third-order valence-electron chi connectivity index (χ3n) is 5.10. The maximum absolute atomic E-state index is 12.4. The molecule has 1 aromatic rings. The van der Waals surface area contributed by atoms with E-state index in [1.165, 1.54) is 10.8 Å². The molecular formula is C21H35N4O5P. The standard InChI is InChI=1S/C21H35N4O5P/c1-13(2)19-17(11-18(29-19)24-12-16(7)20(26)23-21(24)27)30-31(28-10-9-22-8)25(14(3)4)15(5)6/h12-15,17-19H,9-11H2,1-7H3,(H,23,26,27)/t17?,18-,19-,31?/m1/s1. The van der Waals surface area contributed by atoms with Gasteiger partial charge in [-0.25, -0.2) is 16.0 Å². The highest BCUT2D eigenvalue weighted by atomic mass is 31.2. The first kappa shape index (κ1) is 25.7. The normalized spacial score (nSPS) is 22.6. The number of H-pyrrole nitrogens is 1. The summed E-state index contributed by atoms with van der Waals surface area (Å²) in [6, 6.07) is 0.387. The van der Waals surface area contributed by atoms with Crippen molar-refractivity contribution in [1.82, 2.24) is 14.2 Å². The summed E-state index contributed by atoms with van der Waals surface area (Å²) in [5.74, 6) is 0.154. The Morgan fingerprint density at radius 2 is 1.94 bits per heavy atom. The van der Waals surface area contributed by atoms with Gasteiger partial charge in [-0.15, -0.1) is 0 Å². The van der Waals surface area contributed by atoms with Gasteiger partial charge in [0.2, 0.25) is 6.54 Å². The van der Waals surface area contributed by atoms with Crippen LogP contribution in [0.3, 0.4) is 0 Å². The van der Waals surface area contributed by atoms with Gasteiger partial charge in [0, 0.05) is 30.3 Å². The molecule has 31 heavy (non-hydrogen) atoms. The number of rotatable bonds is 10. The van der Waals surface area contributed by atoms with Crippen molar-refractivity contribution in [2.24, 2.45) is 5.92 Å². The molecule has 1 saturated heterocycles. The number of aromatic amines is 1. The summed E-state index contributed by atoms with van der Waals surface area (Å²) in [6.07, 6.45) is 0.938. The van der Waals surface area contributed by atoms with Gasteiger partial charge in [-0.1, -0.05) is 13.8 Å². The number of hydrogen-bond acceptors (Lipinski definition) is 6. The minimum atomic E-state index is -1.42. The average Bonchev–Trinajstić information content (AvgIpc) is 3.08. The van der Waals surface area contributed by atoms with Crippen molar-refractivity contribution < 1.29 is 13.8 Å². The summed E-state index contributed by atoms with van der Waals surface area (Å²) < 4.78 is 22.4. The molecule has 0 amide bonds. The van der Waals surface area contributed by atoms with E-state index in [4.69, 9.17) is 20.4 Å². The molecule has 0 aliphatic carbocycles. The van der Waals surface area contributed by atoms with Gasteiger partial charge in [0.1, 0.15) is 12.8 Å². The quantitative estimate of drug-likeness (QED) is 0.331. The Hall–Kier alpha value is -1.56. The third kappa shape index (κ3) is 6.47. The number of hydrogen-bond donors (Lipinski definition) is 1. The van der Waals surface area contributed by atoms with Crippen LogP contribution < -0.4 is 11.2 Å². The Kier molecular flexibility index (Phi) is 9.41. The molecule has 0 saturated carbocycles.